The van der Waals surface area contributed by atoms with Crippen LogP contribution in [0.5, 0.6) is 0 Å². The van der Waals surface area contributed by atoms with Gasteiger partial charge in [-0.1, -0.05) is 29.8 Å². The molecular weight excluding hydrogens is 422 g/mol. The Balaban J connectivity index is 1.77. The molecule has 1 atom stereocenters. The maximum absolute atomic E-state index is 13.6. The zero-order valence-corrected chi connectivity index (χ0v) is 18.8. The number of benzene rings is 2. The molecule has 1 saturated heterocycles. The number of aryl methyl sites for hydroxylation is 3. The first-order valence-electron chi connectivity index (χ1n) is 9.91. The average Bonchev–Trinajstić information content (AvgIpc) is 3.20. The van der Waals surface area contributed by atoms with Gasteiger partial charge in [0.1, 0.15) is 5.58 Å². The number of sulfone groups is 1. The Morgan fingerprint density at radius 2 is 1.87 bits per heavy atom. The fraction of sp³-hybridized carbons (Fsp3) is 0.348. The summed E-state index contributed by atoms with van der Waals surface area (Å²) in [5.74, 6) is -0.00492. The molecule has 1 aromatic heterocycles. The molecule has 1 aliphatic heterocycles. The van der Waals surface area contributed by atoms with E-state index in [9.17, 15) is 13.2 Å². The van der Waals surface area contributed by atoms with E-state index in [0.29, 0.717) is 17.0 Å². The number of fused-ring (bicyclic) bond motifs is 1. The molecule has 4 rings (SSSR count). The molecule has 2 aromatic carbocycles. The fourth-order valence-corrected chi connectivity index (χ4v) is 5.93. The van der Waals surface area contributed by atoms with E-state index in [-0.39, 0.29) is 29.7 Å². The van der Waals surface area contributed by atoms with Gasteiger partial charge in [-0.3, -0.25) is 4.79 Å². The summed E-state index contributed by atoms with van der Waals surface area (Å²) in [6.07, 6.45) is 0.413. The van der Waals surface area contributed by atoms with Crippen LogP contribution in [0, 0.1) is 20.8 Å². The summed E-state index contributed by atoms with van der Waals surface area (Å²) in [5, 5.41) is 1.45. The van der Waals surface area contributed by atoms with Crippen LogP contribution in [0.1, 0.15) is 39.2 Å². The number of hydrogen-bond donors (Lipinski definition) is 0. The van der Waals surface area contributed by atoms with Crippen LogP contribution in [0.25, 0.3) is 11.0 Å². The van der Waals surface area contributed by atoms with E-state index in [1.165, 1.54) is 0 Å². The number of halogens is 1. The predicted octanol–water partition coefficient (Wildman–Crippen LogP) is 4.84. The average molecular weight is 446 g/mol. The van der Waals surface area contributed by atoms with Gasteiger partial charge >= 0.3 is 0 Å². The Bertz CT molecular complexity index is 1250. The molecule has 0 N–H and O–H groups in total. The van der Waals surface area contributed by atoms with E-state index in [0.717, 1.165) is 27.6 Å². The van der Waals surface area contributed by atoms with Gasteiger partial charge < -0.3 is 9.32 Å². The third kappa shape index (κ3) is 3.86. The van der Waals surface area contributed by atoms with Gasteiger partial charge in [-0.25, -0.2) is 8.42 Å². The predicted molar refractivity (Wildman–Crippen MR) is 119 cm³/mol. The van der Waals surface area contributed by atoms with Crippen LogP contribution in [-0.2, 0) is 16.4 Å². The van der Waals surface area contributed by atoms with Crippen molar-refractivity contribution < 1.29 is 17.6 Å². The standard InChI is InChI=1S/C23H24ClNO4S/c1-14-10-19-16(3)22(29-21(19)11-15(14)2)23(26)25(18-8-9-30(27,28)13-18)12-17-6-4-5-7-20(17)24/h4-7,10-11,18H,8-9,12-13H2,1-3H3. The van der Waals surface area contributed by atoms with Gasteiger partial charge in [-0.2, -0.15) is 0 Å². The van der Waals surface area contributed by atoms with Gasteiger partial charge in [0.2, 0.25) is 0 Å². The lowest BCUT2D eigenvalue weighted by molar-refractivity contribution is 0.0649. The van der Waals surface area contributed by atoms with Crippen LogP contribution in [0.2, 0.25) is 5.02 Å². The normalized spacial score (nSPS) is 18.1. The second kappa shape index (κ2) is 7.75. The minimum absolute atomic E-state index is 0.0410. The quantitative estimate of drug-likeness (QED) is 0.576. The maximum Gasteiger partial charge on any atom is 0.290 e. The van der Waals surface area contributed by atoms with Gasteiger partial charge in [-0.05, 0) is 62.1 Å². The molecule has 5 nitrogen and oxygen atoms in total. The maximum atomic E-state index is 13.6. The van der Waals surface area contributed by atoms with E-state index in [1.807, 2.05) is 51.1 Å². The van der Waals surface area contributed by atoms with Crippen LogP contribution in [0.15, 0.2) is 40.8 Å². The Kier molecular flexibility index (Phi) is 5.41. The van der Waals surface area contributed by atoms with Crippen molar-refractivity contribution in [1.29, 1.82) is 0 Å². The minimum Gasteiger partial charge on any atom is -0.451 e. The summed E-state index contributed by atoms with van der Waals surface area (Å²) < 4.78 is 30.2. The summed E-state index contributed by atoms with van der Waals surface area (Å²) in [5.41, 5.74) is 4.42. The number of nitrogens with zero attached hydrogens (tertiary/aromatic N) is 1. The van der Waals surface area contributed by atoms with Crippen molar-refractivity contribution in [2.45, 2.75) is 39.8 Å². The Hall–Kier alpha value is -2.31. The van der Waals surface area contributed by atoms with Crippen molar-refractivity contribution in [2.75, 3.05) is 11.5 Å². The number of carbonyl (C=O) groups is 1. The molecule has 3 aromatic rings. The number of rotatable bonds is 4. The van der Waals surface area contributed by atoms with Crippen molar-refractivity contribution in [2.24, 2.45) is 0 Å². The van der Waals surface area contributed by atoms with Crippen molar-refractivity contribution in [1.82, 2.24) is 4.90 Å². The Morgan fingerprint density at radius 3 is 2.53 bits per heavy atom. The molecule has 1 fully saturated rings. The summed E-state index contributed by atoms with van der Waals surface area (Å²) in [6, 6.07) is 10.9. The van der Waals surface area contributed by atoms with E-state index < -0.39 is 15.9 Å². The molecule has 0 radical (unpaired) electrons. The monoisotopic (exact) mass is 445 g/mol. The third-order valence-electron chi connectivity index (χ3n) is 5.96. The molecule has 0 spiro atoms. The van der Waals surface area contributed by atoms with E-state index in [4.69, 9.17) is 16.0 Å². The van der Waals surface area contributed by atoms with Crippen molar-refractivity contribution in [3.05, 3.63) is 69.4 Å². The highest BCUT2D eigenvalue weighted by Gasteiger charge is 2.37. The molecule has 0 bridgehead atoms. The topological polar surface area (TPSA) is 67.6 Å². The van der Waals surface area contributed by atoms with E-state index in [2.05, 4.69) is 0 Å². The number of hydrogen-bond acceptors (Lipinski definition) is 4. The highest BCUT2D eigenvalue weighted by molar-refractivity contribution is 7.91. The lowest BCUT2D eigenvalue weighted by atomic mass is 10.0. The molecule has 0 aliphatic carbocycles. The number of amides is 1. The van der Waals surface area contributed by atoms with Crippen molar-refractivity contribution >= 4 is 38.3 Å². The van der Waals surface area contributed by atoms with Gasteiger partial charge in [0.25, 0.3) is 5.91 Å². The Morgan fingerprint density at radius 1 is 1.17 bits per heavy atom. The molecule has 30 heavy (non-hydrogen) atoms. The molecule has 1 aliphatic rings. The molecule has 7 heteroatoms. The van der Waals surface area contributed by atoms with Gasteiger partial charge in [-0.15, -0.1) is 0 Å². The first kappa shape index (κ1) is 20.9. The van der Waals surface area contributed by atoms with Gasteiger partial charge in [0.05, 0.1) is 11.5 Å². The molecule has 1 unspecified atom stereocenters. The molecular formula is C23H24ClNO4S. The van der Waals surface area contributed by atoms with Crippen molar-refractivity contribution in [3.8, 4) is 0 Å². The summed E-state index contributed by atoms with van der Waals surface area (Å²) in [4.78, 5) is 15.2. The molecule has 0 saturated carbocycles. The van der Waals surface area contributed by atoms with Crippen LogP contribution >= 0.6 is 11.6 Å². The summed E-state index contributed by atoms with van der Waals surface area (Å²) in [7, 11) is -3.16. The minimum atomic E-state index is -3.16. The molecule has 2 heterocycles. The second-order valence-electron chi connectivity index (χ2n) is 8.07. The van der Waals surface area contributed by atoms with Crippen LogP contribution in [-0.4, -0.2) is 36.8 Å². The van der Waals surface area contributed by atoms with Crippen LogP contribution in [0.3, 0.4) is 0 Å². The van der Waals surface area contributed by atoms with Crippen LogP contribution in [0.4, 0.5) is 0 Å². The van der Waals surface area contributed by atoms with E-state index in [1.54, 1.807) is 11.0 Å². The SMILES string of the molecule is Cc1cc2oc(C(=O)N(Cc3ccccc3Cl)C3CCS(=O)(=O)C3)c(C)c2cc1C. The molecule has 1 amide bonds. The highest BCUT2D eigenvalue weighted by atomic mass is 35.5. The third-order valence-corrected chi connectivity index (χ3v) is 8.07. The van der Waals surface area contributed by atoms with Crippen LogP contribution < -0.4 is 0 Å². The first-order valence-corrected chi connectivity index (χ1v) is 12.1. The van der Waals surface area contributed by atoms with Gasteiger partial charge in [0.15, 0.2) is 15.6 Å². The number of furan rings is 1. The fourth-order valence-electron chi connectivity index (χ4n) is 4.01. The second-order valence-corrected chi connectivity index (χ2v) is 10.7. The van der Waals surface area contributed by atoms with E-state index >= 15 is 0 Å². The lowest BCUT2D eigenvalue weighted by Crippen LogP contribution is -2.40. The first-order chi connectivity index (χ1) is 14.2. The zero-order chi connectivity index (χ0) is 21.6. The van der Waals surface area contributed by atoms with Gasteiger partial charge in [0, 0.05) is 28.6 Å². The van der Waals surface area contributed by atoms with Crippen molar-refractivity contribution in [3.63, 3.8) is 0 Å². The number of carbonyl (C=O) groups excluding carboxylic acids is 1. The lowest BCUT2D eigenvalue weighted by Gasteiger charge is -2.28. The summed E-state index contributed by atoms with van der Waals surface area (Å²) in [6.45, 7) is 6.12. The molecule has 158 valence electrons. The zero-order valence-electron chi connectivity index (χ0n) is 17.2. The summed E-state index contributed by atoms with van der Waals surface area (Å²) >= 11 is 6.33. The highest BCUT2D eigenvalue weighted by Crippen LogP contribution is 2.31. The largest absolute Gasteiger partial charge is 0.451 e. The Labute approximate surface area is 181 Å². The smallest absolute Gasteiger partial charge is 0.290 e.